The highest BCUT2D eigenvalue weighted by atomic mass is 16.5. The second-order valence-electron chi connectivity index (χ2n) is 4.86. The first-order chi connectivity index (χ1) is 8.42. The van der Waals surface area contributed by atoms with E-state index in [1.807, 2.05) is 44.0 Å². The van der Waals surface area contributed by atoms with Crippen LogP contribution in [-0.4, -0.2) is 26.7 Å². The standard InChI is InChI=1S/C14H18N2O2/c1-14(2,13(17)18-4)10-16(3)12-8-6-5-7-11(12)9-15/h5-8H,10H2,1-4H3. The molecule has 0 heterocycles. The number of hydrogen-bond donors (Lipinski definition) is 0. The number of rotatable bonds is 4. The van der Waals surface area contributed by atoms with Crippen LogP contribution in [0.3, 0.4) is 0 Å². The van der Waals surface area contributed by atoms with Gasteiger partial charge in [-0.25, -0.2) is 0 Å². The van der Waals surface area contributed by atoms with Crippen molar-refractivity contribution in [1.29, 1.82) is 5.26 Å². The molecular formula is C14H18N2O2. The molecule has 0 unspecified atom stereocenters. The van der Waals surface area contributed by atoms with Gasteiger partial charge in [0.2, 0.25) is 0 Å². The van der Waals surface area contributed by atoms with Crippen molar-refractivity contribution in [2.75, 3.05) is 25.6 Å². The Bertz CT molecular complexity index is 475. The summed E-state index contributed by atoms with van der Waals surface area (Å²) in [6, 6.07) is 9.47. The summed E-state index contributed by atoms with van der Waals surface area (Å²) >= 11 is 0. The van der Waals surface area contributed by atoms with E-state index in [9.17, 15) is 4.79 Å². The molecule has 0 atom stereocenters. The van der Waals surface area contributed by atoms with Gasteiger partial charge in [-0.3, -0.25) is 4.79 Å². The van der Waals surface area contributed by atoms with E-state index in [2.05, 4.69) is 6.07 Å². The largest absolute Gasteiger partial charge is 0.469 e. The smallest absolute Gasteiger partial charge is 0.313 e. The van der Waals surface area contributed by atoms with Crippen molar-refractivity contribution in [2.24, 2.45) is 5.41 Å². The van der Waals surface area contributed by atoms with Crippen molar-refractivity contribution >= 4 is 11.7 Å². The maximum absolute atomic E-state index is 11.6. The highest BCUT2D eigenvalue weighted by molar-refractivity contribution is 5.77. The Morgan fingerprint density at radius 1 is 1.44 bits per heavy atom. The van der Waals surface area contributed by atoms with Crippen molar-refractivity contribution < 1.29 is 9.53 Å². The summed E-state index contributed by atoms with van der Waals surface area (Å²) in [6.45, 7) is 4.13. The van der Waals surface area contributed by atoms with Crippen LogP contribution in [0, 0.1) is 16.7 Å². The van der Waals surface area contributed by atoms with Crippen molar-refractivity contribution in [3.63, 3.8) is 0 Å². The van der Waals surface area contributed by atoms with Crippen LogP contribution >= 0.6 is 0 Å². The molecule has 0 spiro atoms. The van der Waals surface area contributed by atoms with Crippen molar-refractivity contribution in [3.8, 4) is 6.07 Å². The quantitative estimate of drug-likeness (QED) is 0.764. The van der Waals surface area contributed by atoms with Crippen molar-refractivity contribution in [3.05, 3.63) is 29.8 Å². The molecule has 0 N–H and O–H groups in total. The topological polar surface area (TPSA) is 53.3 Å². The molecule has 0 aliphatic carbocycles. The maximum Gasteiger partial charge on any atom is 0.313 e. The fraction of sp³-hybridized carbons (Fsp3) is 0.429. The number of nitrogens with zero attached hydrogens (tertiary/aromatic N) is 2. The third kappa shape index (κ3) is 3.01. The Hall–Kier alpha value is -2.02. The number of nitriles is 1. The average molecular weight is 246 g/mol. The van der Waals surface area contributed by atoms with Gasteiger partial charge in [-0.15, -0.1) is 0 Å². The highest BCUT2D eigenvalue weighted by Gasteiger charge is 2.30. The Labute approximate surface area is 108 Å². The van der Waals surface area contributed by atoms with E-state index < -0.39 is 5.41 Å². The lowest BCUT2D eigenvalue weighted by Crippen LogP contribution is -2.38. The zero-order chi connectivity index (χ0) is 13.8. The van der Waals surface area contributed by atoms with Gasteiger partial charge in [-0.2, -0.15) is 5.26 Å². The van der Waals surface area contributed by atoms with Gasteiger partial charge in [0.25, 0.3) is 0 Å². The maximum atomic E-state index is 11.6. The van der Waals surface area contributed by atoms with Gasteiger partial charge in [-0.1, -0.05) is 12.1 Å². The summed E-state index contributed by atoms with van der Waals surface area (Å²) in [5, 5.41) is 9.05. The Morgan fingerprint density at radius 3 is 2.61 bits per heavy atom. The molecule has 0 bridgehead atoms. The van der Waals surface area contributed by atoms with Crippen LogP contribution in [0.15, 0.2) is 24.3 Å². The van der Waals surface area contributed by atoms with E-state index in [0.29, 0.717) is 12.1 Å². The van der Waals surface area contributed by atoms with Crippen LogP contribution < -0.4 is 4.90 Å². The van der Waals surface area contributed by atoms with E-state index in [0.717, 1.165) is 5.69 Å². The van der Waals surface area contributed by atoms with Crippen LogP contribution in [0.4, 0.5) is 5.69 Å². The minimum absolute atomic E-state index is 0.260. The van der Waals surface area contributed by atoms with Crippen molar-refractivity contribution in [2.45, 2.75) is 13.8 Å². The Balaban J connectivity index is 2.93. The van der Waals surface area contributed by atoms with Gasteiger partial charge in [0.05, 0.1) is 23.8 Å². The normalized spacial score (nSPS) is 10.6. The molecule has 1 aromatic carbocycles. The highest BCUT2D eigenvalue weighted by Crippen LogP contribution is 2.24. The summed E-state index contributed by atoms with van der Waals surface area (Å²) in [5.74, 6) is -0.260. The monoisotopic (exact) mass is 246 g/mol. The molecule has 0 fully saturated rings. The molecule has 4 heteroatoms. The second kappa shape index (κ2) is 5.54. The lowest BCUT2D eigenvalue weighted by Gasteiger charge is -2.29. The van der Waals surface area contributed by atoms with E-state index in [1.165, 1.54) is 7.11 Å². The second-order valence-corrected chi connectivity index (χ2v) is 4.86. The Morgan fingerprint density at radius 2 is 2.06 bits per heavy atom. The minimum Gasteiger partial charge on any atom is -0.469 e. The summed E-state index contributed by atoms with van der Waals surface area (Å²) < 4.78 is 4.78. The molecule has 1 aromatic rings. The molecular weight excluding hydrogens is 228 g/mol. The number of ether oxygens (including phenoxy) is 1. The number of carbonyl (C=O) groups excluding carboxylic acids is 1. The average Bonchev–Trinajstić information content (AvgIpc) is 2.36. The first-order valence-electron chi connectivity index (χ1n) is 5.71. The lowest BCUT2D eigenvalue weighted by atomic mass is 9.92. The summed E-state index contributed by atoms with van der Waals surface area (Å²) in [7, 11) is 3.24. The number of anilines is 1. The molecule has 96 valence electrons. The number of para-hydroxylation sites is 1. The van der Waals surface area contributed by atoms with Gasteiger partial charge >= 0.3 is 5.97 Å². The van der Waals surface area contributed by atoms with E-state index in [4.69, 9.17) is 10.00 Å². The molecule has 1 rings (SSSR count). The number of benzene rings is 1. The number of hydrogen-bond acceptors (Lipinski definition) is 4. The fourth-order valence-corrected chi connectivity index (χ4v) is 1.92. The van der Waals surface area contributed by atoms with Gasteiger partial charge in [-0.05, 0) is 26.0 Å². The van der Waals surface area contributed by atoms with E-state index in [1.54, 1.807) is 6.07 Å². The zero-order valence-corrected chi connectivity index (χ0v) is 11.2. The summed E-state index contributed by atoms with van der Waals surface area (Å²) in [4.78, 5) is 13.5. The van der Waals surface area contributed by atoms with Gasteiger partial charge in [0, 0.05) is 13.6 Å². The fourth-order valence-electron chi connectivity index (χ4n) is 1.92. The molecule has 4 nitrogen and oxygen atoms in total. The molecule has 0 aliphatic rings. The molecule has 0 aliphatic heterocycles. The van der Waals surface area contributed by atoms with Crippen LogP contribution in [0.2, 0.25) is 0 Å². The third-order valence-corrected chi connectivity index (χ3v) is 2.81. The van der Waals surface area contributed by atoms with E-state index in [-0.39, 0.29) is 5.97 Å². The summed E-state index contributed by atoms with van der Waals surface area (Å²) in [6.07, 6.45) is 0. The van der Waals surface area contributed by atoms with Crippen molar-refractivity contribution in [1.82, 2.24) is 0 Å². The molecule has 0 radical (unpaired) electrons. The third-order valence-electron chi connectivity index (χ3n) is 2.81. The summed E-state index contributed by atoms with van der Waals surface area (Å²) in [5.41, 5.74) is 0.796. The van der Waals surface area contributed by atoms with Crippen LogP contribution in [0.1, 0.15) is 19.4 Å². The first-order valence-corrected chi connectivity index (χ1v) is 5.71. The number of esters is 1. The number of methoxy groups -OCH3 is 1. The lowest BCUT2D eigenvalue weighted by molar-refractivity contribution is -0.150. The zero-order valence-electron chi connectivity index (χ0n) is 11.2. The Kier molecular flexibility index (Phi) is 4.33. The first kappa shape index (κ1) is 14.0. The molecule has 0 amide bonds. The van der Waals surface area contributed by atoms with Gasteiger partial charge in [0.15, 0.2) is 0 Å². The van der Waals surface area contributed by atoms with Crippen LogP contribution in [0.25, 0.3) is 0 Å². The SMILES string of the molecule is COC(=O)C(C)(C)CN(C)c1ccccc1C#N. The number of carbonyl (C=O) groups is 1. The minimum atomic E-state index is -0.619. The molecule has 18 heavy (non-hydrogen) atoms. The molecule has 0 saturated heterocycles. The van der Waals surface area contributed by atoms with Gasteiger partial charge < -0.3 is 9.64 Å². The van der Waals surface area contributed by atoms with Crippen LogP contribution in [0.5, 0.6) is 0 Å². The van der Waals surface area contributed by atoms with Crippen LogP contribution in [-0.2, 0) is 9.53 Å². The predicted molar refractivity (Wildman–Crippen MR) is 70.2 cm³/mol. The van der Waals surface area contributed by atoms with E-state index >= 15 is 0 Å². The van der Waals surface area contributed by atoms with Gasteiger partial charge in [0.1, 0.15) is 6.07 Å². The predicted octanol–water partition coefficient (Wildman–Crippen LogP) is 2.19. The molecule has 0 saturated carbocycles. The molecule has 0 aromatic heterocycles.